The second-order valence-electron chi connectivity index (χ2n) is 6.45. The number of hydrogen-bond acceptors (Lipinski definition) is 6. The molecule has 1 N–H and O–H groups in total. The average molecular weight is 438 g/mol. The fourth-order valence-electron chi connectivity index (χ4n) is 2.83. The third kappa shape index (κ3) is 4.96. The molecule has 6 nitrogen and oxygen atoms in total. The van der Waals surface area contributed by atoms with Gasteiger partial charge in [-0.15, -0.1) is 10.2 Å². The maximum atomic E-state index is 12.9. The zero-order chi connectivity index (χ0) is 20.8. The van der Waals surface area contributed by atoms with Gasteiger partial charge in [0, 0.05) is 12.3 Å². The summed E-state index contributed by atoms with van der Waals surface area (Å²) in [6, 6.07) is 25.9. The Morgan fingerprint density at radius 3 is 2.17 bits per heavy atom. The molecule has 0 unspecified atom stereocenters. The number of thioether (sulfide) groups is 1. The van der Waals surface area contributed by atoms with Crippen LogP contribution in [0.3, 0.4) is 0 Å². The van der Waals surface area contributed by atoms with Gasteiger partial charge in [-0.3, -0.25) is 0 Å². The van der Waals surface area contributed by atoms with E-state index in [1.807, 2.05) is 60.7 Å². The van der Waals surface area contributed by atoms with Gasteiger partial charge in [0.05, 0.1) is 10.5 Å². The van der Waals surface area contributed by atoms with Gasteiger partial charge in [0.15, 0.2) is 0 Å². The van der Waals surface area contributed by atoms with Gasteiger partial charge in [-0.05, 0) is 23.3 Å². The largest absolute Gasteiger partial charge is 0.411 e. The van der Waals surface area contributed by atoms with Crippen LogP contribution >= 0.6 is 11.8 Å². The Kier molecular flexibility index (Phi) is 6.27. The molecule has 0 aliphatic heterocycles. The smallest absolute Gasteiger partial charge is 0.277 e. The number of aromatic nitrogens is 2. The summed E-state index contributed by atoms with van der Waals surface area (Å²) in [6.45, 7) is 0.194. The number of nitrogens with one attached hydrogen (secondary N) is 1. The molecule has 4 rings (SSSR count). The van der Waals surface area contributed by atoms with E-state index in [0.29, 0.717) is 16.5 Å². The minimum atomic E-state index is -3.77. The molecule has 0 aliphatic carbocycles. The van der Waals surface area contributed by atoms with E-state index in [9.17, 15) is 8.42 Å². The van der Waals surface area contributed by atoms with Gasteiger partial charge in [0.1, 0.15) is 0 Å². The molecule has 0 radical (unpaired) electrons. The van der Waals surface area contributed by atoms with Crippen LogP contribution in [0.25, 0.3) is 11.5 Å². The molecule has 0 atom stereocenters. The van der Waals surface area contributed by atoms with Crippen LogP contribution in [0.15, 0.2) is 99.5 Å². The molecule has 3 aromatic carbocycles. The molecule has 0 aliphatic rings. The van der Waals surface area contributed by atoms with Crippen LogP contribution in [-0.2, 0) is 22.3 Å². The molecule has 0 fully saturated rings. The zero-order valence-corrected chi connectivity index (χ0v) is 17.6. The first-order valence-corrected chi connectivity index (χ1v) is 11.7. The summed E-state index contributed by atoms with van der Waals surface area (Å²) < 4.78 is 34.2. The molecule has 0 amide bonds. The van der Waals surface area contributed by atoms with E-state index < -0.39 is 10.0 Å². The quantitative estimate of drug-likeness (QED) is 0.408. The van der Waals surface area contributed by atoms with E-state index in [-0.39, 0.29) is 17.3 Å². The van der Waals surface area contributed by atoms with Crippen molar-refractivity contribution >= 4 is 21.8 Å². The summed E-state index contributed by atoms with van der Waals surface area (Å²) in [6.07, 6.45) is 0. The maximum Gasteiger partial charge on any atom is 0.277 e. The highest BCUT2D eigenvalue weighted by molar-refractivity contribution is 7.98. The van der Waals surface area contributed by atoms with Crippen molar-refractivity contribution in [1.29, 1.82) is 0 Å². The Morgan fingerprint density at radius 1 is 0.800 bits per heavy atom. The fraction of sp³-hybridized carbons (Fsp3) is 0.0909. The van der Waals surface area contributed by atoms with Gasteiger partial charge >= 0.3 is 0 Å². The first-order valence-electron chi connectivity index (χ1n) is 9.25. The lowest BCUT2D eigenvalue weighted by Crippen LogP contribution is -2.23. The Labute approximate surface area is 179 Å². The van der Waals surface area contributed by atoms with Crippen LogP contribution in [0.5, 0.6) is 0 Å². The van der Waals surface area contributed by atoms with E-state index >= 15 is 0 Å². The van der Waals surface area contributed by atoms with E-state index in [4.69, 9.17) is 4.42 Å². The molecule has 1 heterocycles. The highest BCUT2D eigenvalue weighted by atomic mass is 32.2. The summed E-state index contributed by atoms with van der Waals surface area (Å²) in [5.41, 5.74) is 2.38. The van der Waals surface area contributed by atoms with Crippen LogP contribution in [0, 0.1) is 0 Å². The van der Waals surface area contributed by atoms with E-state index in [1.165, 1.54) is 17.8 Å². The number of hydrogen-bond donors (Lipinski definition) is 1. The SMILES string of the molecule is O=S(=O)(NCc1ccccc1)c1ccccc1-c1nnc(SCc2ccccc2)o1. The average Bonchev–Trinajstić information content (AvgIpc) is 3.27. The molecule has 8 heteroatoms. The summed E-state index contributed by atoms with van der Waals surface area (Å²) in [5.74, 6) is 0.854. The Hall–Kier alpha value is -2.94. The monoisotopic (exact) mass is 437 g/mol. The number of benzene rings is 3. The summed E-state index contributed by atoms with van der Waals surface area (Å²) >= 11 is 1.40. The second kappa shape index (κ2) is 9.25. The molecule has 152 valence electrons. The maximum absolute atomic E-state index is 12.9. The lowest BCUT2D eigenvalue weighted by atomic mass is 10.2. The fourth-order valence-corrected chi connectivity index (χ4v) is 4.76. The Balaban J connectivity index is 1.52. The molecule has 0 saturated heterocycles. The zero-order valence-electron chi connectivity index (χ0n) is 15.9. The van der Waals surface area contributed by atoms with Crippen molar-refractivity contribution in [3.8, 4) is 11.5 Å². The van der Waals surface area contributed by atoms with E-state index in [0.717, 1.165) is 11.1 Å². The van der Waals surface area contributed by atoms with Gasteiger partial charge in [-0.1, -0.05) is 84.6 Å². The third-order valence-corrected chi connectivity index (χ3v) is 6.68. The van der Waals surface area contributed by atoms with E-state index in [2.05, 4.69) is 14.9 Å². The Morgan fingerprint density at radius 2 is 1.43 bits per heavy atom. The number of nitrogens with zero attached hydrogens (tertiary/aromatic N) is 2. The molecule has 1 aromatic heterocycles. The van der Waals surface area contributed by atoms with Crippen molar-refractivity contribution < 1.29 is 12.8 Å². The molecule has 4 aromatic rings. The first kappa shape index (κ1) is 20.3. The van der Waals surface area contributed by atoms with Crippen molar-refractivity contribution in [2.75, 3.05) is 0 Å². The predicted molar refractivity (Wildman–Crippen MR) is 116 cm³/mol. The Bertz CT molecular complexity index is 1210. The van der Waals surface area contributed by atoms with Gasteiger partial charge < -0.3 is 4.42 Å². The van der Waals surface area contributed by atoms with Crippen LogP contribution in [0.1, 0.15) is 11.1 Å². The molecular formula is C22H19N3O3S2. The van der Waals surface area contributed by atoms with Crippen LogP contribution in [0.2, 0.25) is 0 Å². The van der Waals surface area contributed by atoms with Crippen LogP contribution in [0.4, 0.5) is 0 Å². The van der Waals surface area contributed by atoms with Crippen molar-refractivity contribution in [3.05, 3.63) is 96.1 Å². The standard InChI is InChI=1S/C22H19N3O3S2/c26-30(27,23-15-17-9-3-1-4-10-17)20-14-8-7-13-19(20)21-24-25-22(28-21)29-16-18-11-5-2-6-12-18/h1-14,23H,15-16H2. The molecule has 0 spiro atoms. The highest BCUT2D eigenvalue weighted by Gasteiger charge is 2.22. The summed E-state index contributed by atoms with van der Waals surface area (Å²) in [7, 11) is -3.77. The first-order chi connectivity index (χ1) is 14.6. The molecule has 0 bridgehead atoms. The predicted octanol–water partition coefficient (Wildman–Crippen LogP) is 4.51. The van der Waals surface area contributed by atoms with Gasteiger partial charge in [-0.25, -0.2) is 13.1 Å². The normalized spacial score (nSPS) is 11.5. The van der Waals surface area contributed by atoms with Crippen LogP contribution in [-0.4, -0.2) is 18.6 Å². The second-order valence-corrected chi connectivity index (χ2v) is 9.12. The minimum Gasteiger partial charge on any atom is -0.411 e. The minimum absolute atomic E-state index is 0.101. The molecule has 30 heavy (non-hydrogen) atoms. The van der Waals surface area contributed by atoms with Crippen molar-refractivity contribution in [3.63, 3.8) is 0 Å². The number of sulfonamides is 1. The van der Waals surface area contributed by atoms with Crippen molar-refractivity contribution in [2.24, 2.45) is 0 Å². The lowest BCUT2D eigenvalue weighted by molar-refractivity contribution is 0.464. The van der Waals surface area contributed by atoms with Crippen molar-refractivity contribution in [1.82, 2.24) is 14.9 Å². The highest BCUT2D eigenvalue weighted by Crippen LogP contribution is 2.29. The van der Waals surface area contributed by atoms with E-state index in [1.54, 1.807) is 18.2 Å². The van der Waals surface area contributed by atoms with Gasteiger partial charge in [0.25, 0.3) is 5.22 Å². The molecular weight excluding hydrogens is 418 g/mol. The summed E-state index contributed by atoms with van der Waals surface area (Å²) in [4.78, 5) is 0.101. The van der Waals surface area contributed by atoms with Crippen molar-refractivity contribution in [2.45, 2.75) is 22.4 Å². The van der Waals surface area contributed by atoms with Crippen LogP contribution < -0.4 is 4.72 Å². The van der Waals surface area contributed by atoms with Gasteiger partial charge in [0.2, 0.25) is 15.9 Å². The lowest BCUT2D eigenvalue weighted by Gasteiger charge is -2.09. The topological polar surface area (TPSA) is 85.1 Å². The molecule has 0 saturated carbocycles. The van der Waals surface area contributed by atoms with Gasteiger partial charge in [-0.2, -0.15) is 0 Å². The number of rotatable bonds is 8. The third-order valence-electron chi connectivity index (χ3n) is 4.33. The summed E-state index contributed by atoms with van der Waals surface area (Å²) in [5, 5.41) is 8.50.